The van der Waals surface area contributed by atoms with Crippen molar-refractivity contribution in [1.29, 1.82) is 0 Å². The van der Waals surface area contributed by atoms with Crippen molar-refractivity contribution in [2.45, 2.75) is 0 Å². The van der Waals surface area contributed by atoms with Crippen molar-refractivity contribution in [3.63, 3.8) is 0 Å². The molecule has 3 heteroatoms. The average molecular weight is 232 g/mol. The molecule has 0 fully saturated rings. The van der Waals surface area contributed by atoms with E-state index in [0.29, 0.717) is 0 Å². The molecule has 1 aromatic rings. The van der Waals surface area contributed by atoms with Gasteiger partial charge in [0.15, 0.2) is 0 Å². The summed E-state index contributed by atoms with van der Waals surface area (Å²) in [5, 5.41) is 0. The molecule has 0 aliphatic heterocycles. The largest absolute Gasteiger partial charge is 0.214 e. The molecule has 0 aliphatic rings. The van der Waals surface area contributed by atoms with Crippen LogP contribution in [0.3, 0.4) is 0 Å². The van der Waals surface area contributed by atoms with E-state index in [1.54, 1.807) is 0 Å². The third kappa shape index (κ3) is 6.62. The van der Waals surface area contributed by atoms with Gasteiger partial charge in [0.1, 0.15) is 0 Å². The maximum atomic E-state index is 4.89. The molecule has 1 rings (SSSR count). The second-order valence-corrected chi connectivity index (χ2v) is 4.07. The zero-order valence-electron chi connectivity index (χ0n) is 4.05. The van der Waals surface area contributed by atoms with E-state index in [-0.39, 0.29) is 0 Å². The average Bonchev–Trinajstić information content (AvgIpc) is 2.17. The Hall–Kier alpha value is 0.618. The Morgan fingerprint density at radius 2 is 1.50 bits per heavy atom. The fourth-order valence-electron chi connectivity index (χ4n) is 0.321. The minimum atomic E-state index is -0.586. The zero-order chi connectivity index (χ0) is 6.24. The summed E-state index contributed by atoms with van der Waals surface area (Å²) in [4.78, 5) is 0. The molecule has 0 bridgehead atoms. The van der Waals surface area contributed by atoms with Gasteiger partial charge in [0.05, 0.1) is 0 Å². The monoisotopic (exact) mass is 233 g/mol. The molecule has 0 saturated carbocycles. The Labute approximate surface area is 65.6 Å². The topological polar surface area (TPSA) is 0 Å². The summed E-state index contributed by atoms with van der Waals surface area (Å²) in [7, 11) is 9.79. The first kappa shape index (κ1) is 8.62. The number of rotatable bonds is 0. The van der Waals surface area contributed by atoms with E-state index in [4.69, 9.17) is 18.8 Å². The van der Waals surface area contributed by atoms with E-state index < -0.39 is 16.5 Å². The Kier molecular flexibility index (Phi) is 8.21. The molecule has 0 unspecified atom stereocenters. The van der Waals surface area contributed by atoms with Crippen molar-refractivity contribution < 1.29 is 16.5 Å². The summed E-state index contributed by atoms with van der Waals surface area (Å²) >= 11 is -0.586. The minimum Gasteiger partial charge on any atom is -0.214 e. The smallest absolute Gasteiger partial charge is 0.172 e. The summed E-state index contributed by atoms with van der Waals surface area (Å²) in [6, 6.07) is 10.0. The van der Waals surface area contributed by atoms with Crippen molar-refractivity contribution in [1.82, 2.24) is 0 Å². The summed E-state index contributed by atoms with van der Waals surface area (Å²) in [5.74, 6) is 0. The molecule has 46 valence electrons. The van der Waals surface area contributed by atoms with E-state index in [2.05, 4.69) is 0 Å². The molecule has 0 saturated heterocycles. The Balaban J connectivity index is 0.000000145. The van der Waals surface area contributed by atoms with Crippen LogP contribution in [-0.2, 0) is 16.5 Å². The normalized spacial score (nSPS) is 7.25. The van der Waals surface area contributed by atoms with Gasteiger partial charge in [-0.05, 0) is 0 Å². The van der Waals surface area contributed by atoms with Crippen molar-refractivity contribution in [2.24, 2.45) is 0 Å². The first-order valence-corrected chi connectivity index (χ1v) is 7.14. The zero-order valence-corrected chi connectivity index (χ0v) is 7.57. The summed E-state index contributed by atoms with van der Waals surface area (Å²) in [6.45, 7) is 0. The van der Waals surface area contributed by atoms with Gasteiger partial charge in [-0.2, -0.15) is 18.2 Å². The van der Waals surface area contributed by atoms with Crippen LogP contribution in [0.5, 0.6) is 0 Å². The first-order chi connectivity index (χ1) is 3.91. The molecule has 1 aromatic carbocycles. The van der Waals surface area contributed by atoms with Crippen LogP contribution in [0, 0.1) is 0 Å². The fourth-order valence-corrected chi connectivity index (χ4v) is 0.321. The number of hydrogen-bond donors (Lipinski definition) is 0. The van der Waals surface area contributed by atoms with Crippen molar-refractivity contribution in [3.8, 4) is 0 Å². The van der Waals surface area contributed by atoms with Gasteiger partial charge in [0.25, 0.3) is 0 Å². The van der Waals surface area contributed by atoms with Crippen molar-refractivity contribution in [3.05, 3.63) is 30.3 Å². The summed E-state index contributed by atoms with van der Waals surface area (Å²) in [6.07, 6.45) is 0. The van der Waals surface area contributed by atoms with Gasteiger partial charge >= 0.3 is 35.3 Å². The van der Waals surface area contributed by atoms with Crippen LogP contribution in [0.4, 0.5) is 0 Å². The molecule has 8 heavy (non-hydrogen) atoms. The van der Waals surface area contributed by atoms with Crippen molar-refractivity contribution in [2.75, 3.05) is 0 Å². The molecule has 0 aromatic heterocycles. The van der Waals surface area contributed by atoms with Crippen LogP contribution in [0.25, 0.3) is 0 Å². The van der Waals surface area contributed by atoms with E-state index in [9.17, 15) is 0 Å². The second-order valence-electron chi connectivity index (χ2n) is 1.02. The quantitative estimate of drug-likeness (QED) is 0.476. The maximum absolute atomic E-state index is 4.89. The molecule has 0 spiro atoms. The van der Waals surface area contributed by atoms with E-state index in [0.717, 1.165) is 0 Å². The van der Waals surface area contributed by atoms with E-state index in [1.165, 1.54) is 0 Å². The molecule has 0 atom stereocenters. The van der Waals surface area contributed by atoms with E-state index >= 15 is 0 Å². The fraction of sp³-hybridized carbons (Fsp3) is 0. The summed E-state index contributed by atoms with van der Waals surface area (Å²) in [5.41, 5.74) is 0. The predicted octanol–water partition coefficient (Wildman–Crippen LogP) is 2.78. The van der Waals surface area contributed by atoms with Crippen LogP contribution < -0.4 is 0 Å². The van der Waals surface area contributed by atoms with Gasteiger partial charge in [-0.3, -0.25) is 0 Å². The third-order valence-corrected chi connectivity index (χ3v) is 0.556. The van der Waals surface area contributed by atoms with Gasteiger partial charge in [-0.15, -0.1) is 0 Å². The molecular formula is C5H5Cl2Mo-. The standard InChI is InChI=1S/C5H5.2ClH.Mo/c1-2-4-5-3-1;;;/h1-5H;2*1H;/q-1;;;+2/p-2. The Bertz CT molecular complexity index is 77.3. The number of hydrogen-bond acceptors (Lipinski definition) is 0. The SMILES string of the molecule is [Cl][Mo][Cl].c1cc[cH-]c1. The summed E-state index contributed by atoms with van der Waals surface area (Å²) < 4.78 is 0. The molecule has 0 nitrogen and oxygen atoms in total. The third-order valence-electron chi connectivity index (χ3n) is 0.556. The Morgan fingerprint density at radius 3 is 1.62 bits per heavy atom. The van der Waals surface area contributed by atoms with E-state index in [1.807, 2.05) is 30.3 Å². The van der Waals surface area contributed by atoms with Crippen molar-refractivity contribution >= 4 is 18.8 Å². The second kappa shape index (κ2) is 7.62. The molecule has 0 radical (unpaired) electrons. The Morgan fingerprint density at radius 1 is 1.12 bits per heavy atom. The van der Waals surface area contributed by atoms with Gasteiger partial charge in [0, 0.05) is 0 Å². The first-order valence-electron chi connectivity index (χ1n) is 1.98. The molecule has 0 amide bonds. The van der Waals surface area contributed by atoms with Gasteiger partial charge in [-0.1, -0.05) is 0 Å². The van der Waals surface area contributed by atoms with Crippen LogP contribution >= 0.6 is 18.8 Å². The molecule has 0 N–H and O–H groups in total. The van der Waals surface area contributed by atoms with Crippen LogP contribution in [0.1, 0.15) is 0 Å². The predicted molar refractivity (Wildman–Crippen MR) is 33.7 cm³/mol. The van der Waals surface area contributed by atoms with Gasteiger partial charge in [0.2, 0.25) is 0 Å². The van der Waals surface area contributed by atoms with Crippen LogP contribution in [0.15, 0.2) is 30.3 Å². The number of halogens is 2. The van der Waals surface area contributed by atoms with Crippen LogP contribution in [0.2, 0.25) is 0 Å². The van der Waals surface area contributed by atoms with Gasteiger partial charge < -0.3 is 0 Å². The minimum absolute atomic E-state index is 0.586. The molecular weight excluding hydrogens is 227 g/mol. The molecule has 0 heterocycles. The maximum Gasteiger partial charge on any atom is -0.172 e. The van der Waals surface area contributed by atoms with Gasteiger partial charge in [-0.25, -0.2) is 12.1 Å². The van der Waals surface area contributed by atoms with Crippen LogP contribution in [-0.4, -0.2) is 0 Å². The molecule has 0 aliphatic carbocycles.